The number of hydrogen-bond donors (Lipinski definition) is 1. The summed E-state index contributed by atoms with van der Waals surface area (Å²) in [6.07, 6.45) is 0.777. The Kier molecular flexibility index (Phi) is 5.57. The summed E-state index contributed by atoms with van der Waals surface area (Å²) in [5.74, 6) is -3.85. The van der Waals surface area contributed by atoms with E-state index in [0.717, 1.165) is 30.7 Å². The van der Waals surface area contributed by atoms with Gasteiger partial charge in [0.15, 0.2) is 0 Å². The largest absolute Gasteiger partial charge is 0.347 e. The van der Waals surface area contributed by atoms with E-state index in [2.05, 4.69) is 10.2 Å². The van der Waals surface area contributed by atoms with Crippen LogP contribution in [0.3, 0.4) is 0 Å². The average molecular weight is 394 g/mol. The van der Waals surface area contributed by atoms with Crippen molar-refractivity contribution < 1.29 is 22.0 Å². The zero-order valence-corrected chi connectivity index (χ0v) is 15.5. The van der Waals surface area contributed by atoms with Crippen LogP contribution in [0.1, 0.15) is 28.4 Å². The van der Waals surface area contributed by atoms with E-state index in [9.17, 15) is 22.0 Å². The van der Waals surface area contributed by atoms with Gasteiger partial charge in [-0.1, -0.05) is 30.3 Å². The summed E-state index contributed by atoms with van der Waals surface area (Å²) in [5, 5.41) is 2.98. The highest BCUT2D eigenvalue weighted by atomic mass is 32.2. The van der Waals surface area contributed by atoms with Gasteiger partial charge in [0.05, 0.1) is 17.0 Å². The van der Waals surface area contributed by atoms with Crippen molar-refractivity contribution in [2.24, 2.45) is 0 Å². The molecule has 3 rings (SSSR count). The number of benzene rings is 2. The van der Waals surface area contributed by atoms with E-state index < -0.39 is 20.5 Å². The Balaban J connectivity index is 1.75. The van der Waals surface area contributed by atoms with Crippen molar-refractivity contribution in [3.8, 4) is 0 Å². The van der Waals surface area contributed by atoms with Gasteiger partial charge in [-0.15, -0.1) is 0 Å². The first-order valence-electron chi connectivity index (χ1n) is 8.49. The normalized spacial score (nSPS) is 20.7. The molecule has 0 saturated carbocycles. The SMILES string of the molecule is CN1CC[C@H](NC(=O)c2ccc(S(=O)(=O)C(F)F)cc2)[C@H]1c1ccccc1. The number of halogens is 2. The molecule has 1 fully saturated rings. The molecule has 0 radical (unpaired) electrons. The second-order valence-electron chi connectivity index (χ2n) is 6.53. The van der Waals surface area contributed by atoms with Crippen LogP contribution in [-0.2, 0) is 9.84 Å². The maximum absolute atomic E-state index is 12.6. The van der Waals surface area contributed by atoms with Crippen LogP contribution in [0.2, 0.25) is 0 Å². The highest BCUT2D eigenvalue weighted by Crippen LogP contribution is 2.31. The van der Waals surface area contributed by atoms with Gasteiger partial charge in [0.1, 0.15) is 0 Å². The van der Waals surface area contributed by atoms with Crippen LogP contribution < -0.4 is 5.32 Å². The third-order valence-corrected chi connectivity index (χ3v) is 6.18. The molecule has 0 bridgehead atoms. The number of carbonyl (C=O) groups is 1. The number of sulfone groups is 1. The summed E-state index contributed by atoms with van der Waals surface area (Å²) in [4.78, 5) is 14.2. The van der Waals surface area contributed by atoms with Crippen molar-refractivity contribution in [1.29, 1.82) is 0 Å². The van der Waals surface area contributed by atoms with Crippen molar-refractivity contribution in [1.82, 2.24) is 10.2 Å². The molecule has 1 amide bonds. The van der Waals surface area contributed by atoms with Crippen molar-refractivity contribution in [2.45, 2.75) is 29.2 Å². The van der Waals surface area contributed by atoms with Gasteiger partial charge in [-0.3, -0.25) is 9.69 Å². The summed E-state index contributed by atoms with van der Waals surface area (Å²) in [6, 6.07) is 14.3. The lowest BCUT2D eigenvalue weighted by molar-refractivity contribution is 0.0927. The van der Waals surface area contributed by atoms with Crippen LogP contribution in [0.4, 0.5) is 8.78 Å². The lowest BCUT2D eigenvalue weighted by Gasteiger charge is -2.26. The maximum Gasteiger partial charge on any atom is 0.341 e. The number of rotatable bonds is 5. The first-order chi connectivity index (χ1) is 12.8. The number of nitrogens with zero attached hydrogens (tertiary/aromatic N) is 1. The number of likely N-dealkylation sites (N-methyl/N-ethyl adjacent to an activating group) is 1. The van der Waals surface area contributed by atoms with E-state index in [1.807, 2.05) is 37.4 Å². The number of likely N-dealkylation sites (tertiary alicyclic amines) is 1. The Labute approximate surface area is 156 Å². The van der Waals surface area contributed by atoms with Crippen molar-refractivity contribution in [3.05, 3.63) is 65.7 Å². The van der Waals surface area contributed by atoms with Gasteiger partial charge in [0.25, 0.3) is 5.91 Å². The second-order valence-corrected chi connectivity index (χ2v) is 8.45. The molecule has 1 aliphatic rings. The molecule has 1 N–H and O–H groups in total. The fourth-order valence-electron chi connectivity index (χ4n) is 3.39. The molecule has 2 atom stereocenters. The van der Waals surface area contributed by atoms with Crippen LogP contribution in [0.15, 0.2) is 59.5 Å². The van der Waals surface area contributed by atoms with Gasteiger partial charge in [-0.25, -0.2) is 8.42 Å². The van der Waals surface area contributed by atoms with Crippen LogP contribution in [0.25, 0.3) is 0 Å². The smallest absolute Gasteiger partial charge is 0.341 e. The van der Waals surface area contributed by atoms with Gasteiger partial charge < -0.3 is 5.32 Å². The molecule has 0 aliphatic carbocycles. The molecule has 8 heteroatoms. The molecule has 0 spiro atoms. The van der Waals surface area contributed by atoms with Crippen LogP contribution in [0.5, 0.6) is 0 Å². The Morgan fingerprint density at radius 2 is 1.74 bits per heavy atom. The Morgan fingerprint density at radius 1 is 1.11 bits per heavy atom. The van der Waals surface area contributed by atoms with E-state index in [4.69, 9.17) is 0 Å². The highest BCUT2D eigenvalue weighted by Gasteiger charge is 2.34. The molecule has 1 heterocycles. The van der Waals surface area contributed by atoms with E-state index in [1.165, 1.54) is 12.1 Å². The zero-order chi connectivity index (χ0) is 19.6. The lowest BCUT2D eigenvalue weighted by atomic mass is 10.00. The fourth-order valence-corrected chi connectivity index (χ4v) is 4.11. The Hall–Kier alpha value is -2.32. The Morgan fingerprint density at radius 3 is 2.33 bits per heavy atom. The highest BCUT2D eigenvalue weighted by molar-refractivity contribution is 7.91. The van der Waals surface area contributed by atoms with E-state index >= 15 is 0 Å². The molecular formula is C19H20F2N2O3S. The maximum atomic E-state index is 12.6. The predicted octanol–water partition coefficient (Wildman–Crippen LogP) is 2.86. The first kappa shape index (κ1) is 19.4. The van der Waals surface area contributed by atoms with Gasteiger partial charge in [-0.2, -0.15) is 8.78 Å². The molecule has 0 aromatic heterocycles. The van der Waals surface area contributed by atoms with E-state index in [1.54, 1.807) is 0 Å². The van der Waals surface area contributed by atoms with Crippen LogP contribution in [0, 0.1) is 0 Å². The summed E-state index contributed by atoms with van der Waals surface area (Å²) in [6.45, 7) is 0.829. The Bertz CT molecular complexity index is 902. The first-order valence-corrected chi connectivity index (χ1v) is 10.0. The number of carbonyl (C=O) groups excluding carboxylic acids is 1. The number of nitrogens with one attached hydrogen (secondary N) is 1. The minimum absolute atomic E-state index is 0.0358. The van der Waals surface area contributed by atoms with Crippen molar-refractivity contribution >= 4 is 15.7 Å². The van der Waals surface area contributed by atoms with Gasteiger partial charge in [-0.05, 0) is 43.3 Å². The minimum Gasteiger partial charge on any atom is -0.347 e. The van der Waals surface area contributed by atoms with Crippen LogP contribution >= 0.6 is 0 Å². The van der Waals surface area contributed by atoms with Gasteiger partial charge in [0, 0.05) is 12.1 Å². The topological polar surface area (TPSA) is 66.5 Å². The van der Waals surface area contributed by atoms with E-state index in [0.29, 0.717) is 0 Å². The average Bonchev–Trinajstić information content (AvgIpc) is 3.02. The quantitative estimate of drug-likeness (QED) is 0.847. The molecule has 1 aliphatic heterocycles. The molecule has 1 saturated heterocycles. The van der Waals surface area contributed by atoms with E-state index in [-0.39, 0.29) is 23.6 Å². The van der Waals surface area contributed by atoms with Gasteiger partial charge in [0.2, 0.25) is 9.84 Å². The van der Waals surface area contributed by atoms with Crippen molar-refractivity contribution in [2.75, 3.05) is 13.6 Å². The fraction of sp³-hybridized carbons (Fsp3) is 0.316. The summed E-state index contributed by atoms with van der Waals surface area (Å²) < 4.78 is 48.1. The van der Waals surface area contributed by atoms with Crippen molar-refractivity contribution in [3.63, 3.8) is 0 Å². The molecule has 144 valence electrons. The molecule has 0 unspecified atom stereocenters. The molecule has 27 heavy (non-hydrogen) atoms. The third kappa shape index (κ3) is 4.01. The third-order valence-electron chi connectivity index (χ3n) is 4.79. The lowest BCUT2D eigenvalue weighted by Crippen LogP contribution is -2.39. The summed E-state index contributed by atoms with van der Waals surface area (Å²) in [5.41, 5.74) is 1.32. The standard InChI is InChI=1S/C19H20F2N2O3S/c1-23-12-11-16(17(23)13-5-3-2-4-6-13)22-18(24)14-7-9-15(10-8-14)27(25,26)19(20)21/h2-10,16-17,19H,11-12H2,1H3,(H,22,24)/t16-,17+/m0/s1. The predicted molar refractivity (Wildman–Crippen MR) is 97.3 cm³/mol. The van der Waals surface area contributed by atoms with Crippen LogP contribution in [-0.4, -0.2) is 44.6 Å². The second kappa shape index (κ2) is 7.74. The number of amides is 1. The number of alkyl halides is 2. The number of hydrogen-bond acceptors (Lipinski definition) is 4. The molecule has 2 aromatic carbocycles. The van der Waals surface area contributed by atoms with Gasteiger partial charge >= 0.3 is 5.76 Å². The molecular weight excluding hydrogens is 374 g/mol. The summed E-state index contributed by atoms with van der Waals surface area (Å²) >= 11 is 0. The molecule has 5 nitrogen and oxygen atoms in total. The zero-order valence-electron chi connectivity index (χ0n) is 14.7. The summed E-state index contributed by atoms with van der Waals surface area (Å²) in [7, 11) is -2.67. The minimum atomic E-state index is -4.67. The monoisotopic (exact) mass is 394 g/mol. The molecule has 2 aromatic rings.